The number of benzene rings is 2. The summed E-state index contributed by atoms with van der Waals surface area (Å²) < 4.78 is 0. The van der Waals surface area contributed by atoms with Gasteiger partial charge in [0.25, 0.3) is 0 Å². The molecule has 0 saturated heterocycles. The monoisotopic (exact) mass is 316 g/mol. The smallest absolute Gasteiger partial charge is 0.159 e. The number of ketones is 1. The van der Waals surface area contributed by atoms with Crippen LogP contribution in [-0.4, -0.2) is 5.78 Å². The van der Waals surface area contributed by atoms with Gasteiger partial charge in [0.1, 0.15) is 0 Å². The van der Waals surface area contributed by atoms with Gasteiger partial charge in [-0.3, -0.25) is 4.79 Å². The average Bonchev–Trinajstić information content (AvgIpc) is 2.68. The Morgan fingerprint density at radius 3 is 1.26 bits per heavy atom. The van der Waals surface area contributed by atoms with Crippen LogP contribution in [-0.2, 0) is 6.42 Å². The van der Waals surface area contributed by atoms with Crippen molar-refractivity contribution < 1.29 is 4.79 Å². The Hall–Kier alpha value is -1.89. The van der Waals surface area contributed by atoms with Gasteiger partial charge < -0.3 is 0 Å². The third-order valence-corrected chi connectivity index (χ3v) is 2.43. The van der Waals surface area contributed by atoms with Gasteiger partial charge in [-0.25, -0.2) is 0 Å². The Kier molecular flexibility index (Phi) is 25.3. The molecule has 0 unspecified atom stereocenters. The topological polar surface area (TPSA) is 17.1 Å². The minimum absolute atomic E-state index is 0.121. The van der Waals surface area contributed by atoms with Gasteiger partial charge in [-0.05, 0) is 18.9 Å². The van der Waals surface area contributed by atoms with E-state index in [1.807, 2.05) is 77.9 Å². The Bertz CT molecular complexity index is 432. The third kappa shape index (κ3) is 16.3. The van der Waals surface area contributed by atoms with Crippen molar-refractivity contribution in [3.8, 4) is 0 Å². The predicted octanol–water partition coefficient (Wildman–Crippen LogP) is 7.22. The lowest BCUT2D eigenvalue weighted by Crippen LogP contribution is -1.88. The van der Waals surface area contributed by atoms with Gasteiger partial charge >= 0.3 is 0 Å². The zero-order valence-corrected chi connectivity index (χ0v) is 16.4. The highest BCUT2D eigenvalue weighted by Crippen LogP contribution is 1.98. The summed E-state index contributed by atoms with van der Waals surface area (Å²) in [5.74, 6) is 0.121. The Morgan fingerprint density at radius 1 is 0.696 bits per heavy atom. The van der Waals surface area contributed by atoms with E-state index in [0.717, 1.165) is 12.0 Å². The van der Waals surface area contributed by atoms with Crippen molar-refractivity contribution in [1.82, 2.24) is 0 Å². The van der Waals surface area contributed by atoms with Crippen molar-refractivity contribution in [3.63, 3.8) is 0 Å². The molecule has 0 fully saturated rings. The molecule has 23 heavy (non-hydrogen) atoms. The summed E-state index contributed by atoms with van der Waals surface area (Å²) >= 11 is 0. The van der Waals surface area contributed by atoms with E-state index in [1.54, 1.807) is 6.92 Å². The maximum Gasteiger partial charge on any atom is 0.159 e. The normalized spacial score (nSPS) is 7.48. The van der Waals surface area contributed by atoms with E-state index >= 15 is 0 Å². The first-order valence-electron chi connectivity index (χ1n) is 8.84. The molecule has 2 aromatic carbocycles. The zero-order valence-electron chi connectivity index (χ0n) is 16.4. The molecule has 0 heterocycles. The van der Waals surface area contributed by atoms with Gasteiger partial charge in [-0.1, -0.05) is 109 Å². The molecule has 0 aliphatic carbocycles. The first-order chi connectivity index (χ1) is 11.2. The summed E-state index contributed by atoms with van der Waals surface area (Å²) in [5.41, 5.74) is 2.19. The lowest BCUT2D eigenvalue weighted by Gasteiger charge is -1.89. The summed E-state index contributed by atoms with van der Waals surface area (Å²) in [7, 11) is 0. The van der Waals surface area contributed by atoms with E-state index in [-0.39, 0.29) is 5.78 Å². The minimum Gasteiger partial charge on any atom is -0.295 e. The Balaban J connectivity index is -0.000000264. The van der Waals surface area contributed by atoms with Crippen molar-refractivity contribution >= 4 is 5.78 Å². The van der Waals surface area contributed by atoms with Gasteiger partial charge in [0.05, 0.1) is 0 Å². The summed E-state index contributed by atoms with van der Waals surface area (Å²) in [6.45, 7) is 15.7. The number of carbonyl (C=O) groups is 1. The van der Waals surface area contributed by atoms with E-state index in [4.69, 9.17) is 0 Å². The van der Waals surface area contributed by atoms with Crippen LogP contribution >= 0.6 is 0 Å². The Morgan fingerprint density at radius 2 is 1.04 bits per heavy atom. The number of rotatable bonds is 2. The molecule has 2 rings (SSSR count). The molecular weight excluding hydrogens is 280 g/mol. The molecule has 0 atom stereocenters. The number of hydrogen-bond donors (Lipinski definition) is 0. The van der Waals surface area contributed by atoms with Crippen LogP contribution in [0.2, 0.25) is 0 Å². The van der Waals surface area contributed by atoms with E-state index in [0.29, 0.717) is 0 Å². The molecule has 0 saturated carbocycles. The lowest BCUT2D eigenvalue weighted by molar-refractivity contribution is 0.101. The fourth-order valence-electron chi connectivity index (χ4n) is 1.39. The molecule has 0 spiro atoms. The van der Waals surface area contributed by atoms with Crippen molar-refractivity contribution in [2.45, 2.75) is 61.8 Å². The molecule has 0 aliphatic rings. The van der Waals surface area contributed by atoms with Crippen LogP contribution in [0.5, 0.6) is 0 Å². The van der Waals surface area contributed by atoms with Crippen molar-refractivity contribution in [1.29, 1.82) is 0 Å². The number of Topliss-reactive ketones (excluding diaryl/α,β-unsaturated/α-hetero) is 1. The molecule has 1 heteroatoms. The largest absolute Gasteiger partial charge is 0.295 e. The predicted molar refractivity (Wildman–Crippen MR) is 106 cm³/mol. The summed E-state index contributed by atoms with van der Waals surface area (Å²) in [5, 5.41) is 0. The van der Waals surface area contributed by atoms with Crippen molar-refractivity contribution in [2.75, 3.05) is 0 Å². The van der Waals surface area contributed by atoms with Gasteiger partial charge in [-0.15, -0.1) is 0 Å². The highest BCUT2D eigenvalue weighted by Gasteiger charge is 1.92. The van der Waals surface area contributed by atoms with Gasteiger partial charge in [-0.2, -0.15) is 0 Å². The molecule has 1 nitrogen and oxygen atoms in total. The molecule has 2 aromatic rings. The average molecular weight is 317 g/mol. The Labute approximate surface area is 144 Å². The molecule has 0 radical (unpaired) electrons. The van der Waals surface area contributed by atoms with Crippen LogP contribution in [0, 0.1) is 0 Å². The number of aryl methyl sites for hydroxylation is 1. The van der Waals surface area contributed by atoms with E-state index in [9.17, 15) is 4.79 Å². The van der Waals surface area contributed by atoms with Crippen molar-refractivity contribution in [3.05, 3.63) is 71.8 Å². The molecule has 0 N–H and O–H groups in total. The maximum atomic E-state index is 10.6. The van der Waals surface area contributed by atoms with Crippen LogP contribution in [0.25, 0.3) is 0 Å². The molecule has 0 aromatic heterocycles. The summed E-state index contributed by atoms with van der Waals surface area (Å²) in [6.07, 6.45) is 1.14. The quantitative estimate of drug-likeness (QED) is 0.535. The number of hydrogen-bond acceptors (Lipinski definition) is 1. The van der Waals surface area contributed by atoms with Crippen LogP contribution in [0.15, 0.2) is 60.7 Å². The first kappa shape index (κ1) is 26.0. The second-order valence-electron chi connectivity index (χ2n) is 3.76. The second kappa shape index (κ2) is 22.4. The summed E-state index contributed by atoms with van der Waals surface area (Å²) in [4.78, 5) is 10.6. The second-order valence-corrected chi connectivity index (χ2v) is 3.76. The molecule has 0 amide bonds. The molecule has 0 bridgehead atoms. The van der Waals surface area contributed by atoms with Gasteiger partial charge in [0.2, 0.25) is 0 Å². The van der Waals surface area contributed by atoms with Crippen LogP contribution in [0.3, 0.4) is 0 Å². The summed E-state index contributed by atoms with van der Waals surface area (Å²) in [6, 6.07) is 19.7. The van der Waals surface area contributed by atoms with E-state index in [1.165, 1.54) is 5.56 Å². The van der Waals surface area contributed by atoms with E-state index < -0.39 is 0 Å². The number of carbonyl (C=O) groups excluding carboxylic acids is 1. The molecule has 130 valence electrons. The SMILES string of the molecule is CC.CC.CC.CC(=O)c1ccccc1.CCc1ccccc1. The standard InChI is InChI=1S/C8H8O.C8H10.3C2H6/c1-7(9)8-5-3-2-4-6-8;1-2-8-6-4-3-5-7-8;3*1-2/h2-6H,1H3;3-7H,2H2,1H3;3*1-2H3. The van der Waals surface area contributed by atoms with Crippen LogP contribution in [0.4, 0.5) is 0 Å². The van der Waals surface area contributed by atoms with Crippen LogP contribution in [0.1, 0.15) is 71.3 Å². The fraction of sp³-hybridized carbons (Fsp3) is 0.409. The van der Waals surface area contributed by atoms with Gasteiger partial charge in [0, 0.05) is 5.56 Å². The fourth-order valence-corrected chi connectivity index (χ4v) is 1.39. The molecular formula is C22H36O. The highest BCUT2D eigenvalue weighted by atomic mass is 16.1. The lowest BCUT2D eigenvalue weighted by atomic mass is 10.2. The first-order valence-corrected chi connectivity index (χ1v) is 8.84. The van der Waals surface area contributed by atoms with Gasteiger partial charge in [0.15, 0.2) is 5.78 Å². The van der Waals surface area contributed by atoms with Crippen LogP contribution < -0.4 is 0 Å². The van der Waals surface area contributed by atoms with E-state index in [2.05, 4.69) is 31.2 Å². The minimum atomic E-state index is 0.121. The zero-order chi connectivity index (χ0) is 18.5. The maximum absolute atomic E-state index is 10.6. The third-order valence-electron chi connectivity index (χ3n) is 2.43. The molecule has 0 aliphatic heterocycles. The highest BCUT2D eigenvalue weighted by molar-refractivity contribution is 5.93. The van der Waals surface area contributed by atoms with Crippen molar-refractivity contribution in [2.24, 2.45) is 0 Å².